The number of pyridine rings is 1. The van der Waals surface area contributed by atoms with E-state index >= 15 is 0 Å². The number of carboxylic acids is 1. The number of methoxy groups -OCH3 is 1. The topological polar surface area (TPSA) is 102 Å². The van der Waals surface area contributed by atoms with Crippen molar-refractivity contribution in [2.75, 3.05) is 12.4 Å². The summed E-state index contributed by atoms with van der Waals surface area (Å²) in [5, 5.41) is 14.2. The third kappa shape index (κ3) is 4.51. The second-order valence-electron chi connectivity index (χ2n) is 9.14. The van der Waals surface area contributed by atoms with Gasteiger partial charge in [0.25, 0.3) is 0 Å². The highest BCUT2D eigenvalue weighted by atomic mass is 16.5. The zero-order valence-electron chi connectivity index (χ0n) is 21.0. The lowest BCUT2D eigenvalue weighted by Gasteiger charge is -2.19. The van der Waals surface area contributed by atoms with Gasteiger partial charge in [0.1, 0.15) is 11.3 Å². The van der Waals surface area contributed by atoms with Gasteiger partial charge >= 0.3 is 5.97 Å². The van der Waals surface area contributed by atoms with E-state index in [1.165, 1.54) is 6.07 Å². The number of ether oxygens (including phenoxy) is 1. The van der Waals surface area contributed by atoms with Gasteiger partial charge in [-0.1, -0.05) is 18.2 Å². The molecule has 5 aromatic rings. The minimum absolute atomic E-state index is 0.148. The number of carbonyl (C=O) groups is 1. The highest BCUT2D eigenvalue weighted by Crippen LogP contribution is 2.33. The largest absolute Gasteiger partial charge is 0.481 e. The lowest BCUT2D eigenvalue weighted by atomic mass is 9.99. The molecule has 5 rings (SSSR count). The van der Waals surface area contributed by atoms with Crippen LogP contribution < -0.4 is 15.5 Å². The number of nitrogens with one attached hydrogen (secondary N) is 1. The summed E-state index contributed by atoms with van der Waals surface area (Å²) in [5.41, 5.74) is 5.16. The van der Waals surface area contributed by atoms with Crippen LogP contribution in [0.1, 0.15) is 40.0 Å². The molecular weight excluding hydrogens is 468 g/mol. The van der Waals surface area contributed by atoms with Crippen LogP contribution in [0.25, 0.3) is 33.2 Å². The van der Waals surface area contributed by atoms with Gasteiger partial charge in [-0.3, -0.25) is 4.79 Å². The van der Waals surface area contributed by atoms with Crippen molar-refractivity contribution in [3.8, 4) is 17.2 Å². The molecule has 1 atom stereocenters. The van der Waals surface area contributed by atoms with E-state index in [4.69, 9.17) is 9.15 Å². The molecule has 0 radical (unpaired) electrons. The van der Waals surface area contributed by atoms with Crippen LogP contribution in [0, 0.1) is 13.8 Å². The van der Waals surface area contributed by atoms with E-state index in [-0.39, 0.29) is 17.0 Å². The molecule has 2 heterocycles. The molecule has 186 valence electrons. The van der Waals surface area contributed by atoms with Crippen LogP contribution >= 0.6 is 0 Å². The number of rotatable bonds is 6. The first-order chi connectivity index (χ1) is 17.7. The van der Waals surface area contributed by atoms with Crippen LogP contribution in [0.5, 0.6) is 5.88 Å². The van der Waals surface area contributed by atoms with E-state index < -0.39 is 5.97 Å². The number of nitrogens with zero attached hydrogens (tertiary/aromatic N) is 1. The first kappa shape index (κ1) is 24.1. The second-order valence-corrected chi connectivity index (χ2v) is 9.14. The van der Waals surface area contributed by atoms with Crippen molar-refractivity contribution in [2.45, 2.75) is 26.8 Å². The Balaban J connectivity index is 1.64. The maximum atomic E-state index is 13.2. The summed E-state index contributed by atoms with van der Waals surface area (Å²) < 4.78 is 11.7. The Morgan fingerprint density at radius 3 is 2.59 bits per heavy atom. The number of benzene rings is 3. The summed E-state index contributed by atoms with van der Waals surface area (Å²) in [4.78, 5) is 29.5. The molecule has 3 aromatic carbocycles. The highest BCUT2D eigenvalue weighted by molar-refractivity contribution is 5.94. The Bertz CT molecular complexity index is 1740. The molecule has 0 saturated heterocycles. The van der Waals surface area contributed by atoms with Gasteiger partial charge in [0.15, 0.2) is 5.43 Å². The number of aromatic nitrogens is 1. The first-order valence-electron chi connectivity index (χ1n) is 11.9. The predicted molar refractivity (Wildman–Crippen MR) is 145 cm³/mol. The number of hydrogen-bond donors (Lipinski definition) is 2. The maximum absolute atomic E-state index is 13.2. The Kier molecular flexibility index (Phi) is 6.13. The van der Waals surface area contributed by atoms with E-state index in [1.807, 2.05) is 51.1 Å². The summed E-state index contributed by atoms with van der Waals surface area (Å²) in [6.45, 7) is 5.79. The average Bonchev–Trinajstić information content (AvgIpc) is 2.88. The zero-order chi connectivity index (χ0) is 26.3. The van der Waals surface area contributed by atoms with Gasteiger partial charge in [-0.25, -0.2) is 9.78 Å². The summed E-state index contributed by atoms with van der Waals surface area (Å²) in [5.74, 6) is -0.0369. The lowest BCUT2D eigenvalue weighted by molar-refractivity contribution is 0.0698. The van der Waals surface area contributed by atoms with Crippen molar-refractivity contribution < 1.29 is 19.1 Å². The van der Waals surface area contributed by atoms with E-state index in [9.17, 15) is 14.7 Å². The minimum Gasteiger partial charge on any atom is -0.481 e. The van der Waals surface area contributed by atoms with Crippen molar-refractivity contribution in [2.24, 2.45) is 0 Å². The molecular formula is C30H26N2O5. The number of aromatic carboxylic acids is 1. The highest BCUT2D eigenvalue weighted by Gasteiger charge is 2.19. The fourth-order valence-corrected chi connectivity index (χ4v) is 4.66. The smallest absolute Gasteiger partial charge is 0.337 e. The van der Waals surface area contributed by atoms with E-state index in [0.717, 1.165) is 33.2 Å². The third-order valence-corrected chi connectivity index (χ3v) is 6.45. The molecule has 0 fully saturated rings. The number of hydrogen-bond acceptors (Lipinski definition) is 6. The Hall–Kier alpha value is -4.65. The minimum atomic E-state index is -1.02. The average molecular weight is 495 g/mol. The van der Waals surface area contributed by atoms with E-state index in [2.05, 4.69) is 10.3 Å². The maximum Gasteiger partial charge on any atom is 0.337 e. The van der Waals surface area contributed by atoms with Crippen molar-refractivity contribution in [1.82, 2.24) is 4.98 Å². The molecule has 7 nitrogen and oxygen atoms in total. The molecule has 0 bridgehead atoms. The summed E-state index contributed by atoms with van der Waals surface area (Å²) in [7, 11) is 1.58. The SMILES string of the molecule is COc1ccc2cc(-c3cc(=O)c4cc(C)cc([C@@H](C)Nc5ccccc5C(=O)O)c4o3)cc(C)c2n1. The quantitative estimate of drug-likeness (QED) is 0.278. The van der Waals surface area contributed by atoms with E-state index in [0.29, 0.717) is 28.3 Å². The summed E-state index contributed by atoms with van der Waals surface area (Å²) >= 11 is 0. The van der Waals surface area contributed by atoms with Gasteiger partial charge in [0.05, 0.1) is 29.6 Å². The molecule has 2 N–H and O–H groups in total. The van der Waals surface area contributed by atoms with Crippen molar-refractivity contribution in [1.29, 1.82) is 0 Å². The van der Waals surface area contributed by atoms with Gasteiger partial charge in [0, 0.05) is 34.3 Å². The molecule has 0 amide bonds. The van der Waals surface area contributed by atoms with Crippen LogP contribution in [0.2, 0.25) is 0 Å². The standard InChI is InChI=1S/C30H26N2O5/c1-16-11-22(18(3)31-24-8-6-5-7-21(24)30(34)35)29-23(12-16)25(33)15-26(37-29)20-13-17(2)28-19(14-20)9-10-27(32-28)36-4/h5-15,18,31H,1-4H3,(H,34,35)/t18-/m1/s1. The number of fused-ring (bicyclic) bond motifs is 2. The van der Waals surface area contributed by atoms with Gasteiger partial charge < -0.3 is 19.6 Å². The molecule has 2 aromatic heterocycles. The Morgan fingerprint density at radius 1 is 1.05 bits per heavy atom. The van der Waals surface area contributed by atoms with Gasteiger partial charge in [0.2, 0.25) is 5.88 Å². The summed E-state index contributed by atoms with van der Waals surface area (Å²) in [6, 6.07) is 19.3. The van der Waals surface area contributed by atoms with Gasteiger partial charge in [-0.15, -0.1) is 0 Å². The Morgan fingerprint density at radius 2 is 1.84 bits per heavy atom. The van der Waals surface area contributed by atoms with Gasteiger partial charge in [-0.05, 0) is 68.3 Å². The number of anilines is 1. The molecule has 0 spiro atoms. The van der Waals surface area contributed by atoms with Crippen LogP contribution in [-0.4, -0.2) is 23.2 Å². The number of carboxylic acid groups (broad SMARTS) is 1. The fourth-order valence-electron chi connectivity index (χ4n) is 4.66. The molecule has 37 heavy (non-hydrogen) atoms. The van der Waals surface area contributed by atoms with Gasteiger partial charge in [-0.2, -0.15) is 0 Å². The van der Waals surface area contributed by atoms with Crippen LogP contribution in [-0.2, 0) is 0 Å². The van der Waals surface area contributed by atoms with Crippen LogP contribution in [0.3, 0.4) is 0 Å². The van der Waals surface area contributed by atoms with Crippen molar-refractivity contribution >= 4 is 33.5 Å². The summed E-state index contributed by atoms with van der Waals surface area (Å²) in [6.07, 6.45) is 0. The van der Waals surface area contributed by atoms with Crippen molar-refractivity contribution in [3.05, 3.63) is 99.2 Å². The monoisotopic (exact) mass is 494 g/mol. The first-order valence-corrected chi connectivity index (χ1v) is 11.9. The molecule has 0 saturated carbocycles. The normalized spacial score (nSPS) is 12.0. The number of aryl methyl sites for hydroxylation is 2. The van der Waals surface area contributed by atoms with Crippen LogP contribution in [0.15, 0.2) is 75.9 Å². The molecule has 0 aliphatic rings. The predicted octanol–water partition coefficient (Wildman–Crippen LogP) is 6.50. The van der Waals surface area contributed by atoms with Crippen LogP contribution in [0.4, 0.5) is 5.69 Å². The molecule has 0 aliphatic heterocycles. The molecule has 0 aliphatic carbocycles. The van der Waals surface area contributed by atoms with E-state index in [1.54, 1.807) is 37.4 Å². The Labute approximate surface area is 213 Å². The molecule has 7 heteroatoms. The van der Waals surface area contributed by atoms with Crippen molar-refractivity contribution in [3.63, 3.8) is 0 Å². The molecule has 0 unspecified atom stereocenters. The second kappa shape index (κ2) is 9.43. The lowest BCUT2D eigenvalue weighted by Crippen LogP contribution is -2.12. The number of para-hydroxylation sites is 1. The third-order valence-electron chi connectivity index (χ3n) is 6.45. The zero-order valence-corrected chi connectivity index (χ0v) is 21.0. The fraction of sp³-hybridized carbons (Fsp3) is 0.167.